The highest BCUT2D eigenvalue weighted by Crippen LogP contribution is 2.42. The van der Waals surface area contributed by atoms with Crippen molar-refractivity contribution in [3.8, 4) is 22.8 Å². The van der Waals surface area contributed by atoms with E-state index >= 15 is 0 Å². The molecule has 1 aliphatic rings. The molecule has 36 heavy (non-hydrogen) atoms. The number of nitrogens with zero attached hydrogens (tertiary/aromatic N) is 2. The molecular weight excluding hydrogens is 501 g/mol. The molecule has 12 heteroatoms. The first kappa shape index (κ1) is 25.3. The maximum atomic E-state index is 13.6. The van der Waals surface area contributed by atoms with Crippen molar-refractivity contribution in [2.24, 2.45) is 0 Å². The van der Waals surface area contributed by atoms with E-state index in [1.807, 2.05) is 0 Å². The lowest BCUT2D eigenvalue weighted by atomic mass is 10.0. The molecule has 0 bridgehead atoms. The van der Waals surface area contributed by atoms with E-state index in [1.54, 1.807) is 18.2 Å². The lowest BCUT2D eigenvalue weighted by molar-refractivity contribution is -0.138. The van der Waals surface area contributed by atoms with Crippen molar-refractivity contribution in [2.75, 3.05) is 18.0 Å². The molecule has 3 aromatic rings. The van der Waals surface area contributed by atoms with Gasteiger partial charge in [-0.1, -0.05) is 12.1 Å². The number of ether oxygens (including phenoxy) is 2. The van der Waals surface area contributed by atoms with Crippen molar-refractivity contribution in [1.29, 1.82) is 0 Å². The predicted octanol–water partition coefficient (Wildman–Crippen LogP) is 4.60. The molecule has 1 N–H and O–H groups in total. The number of aliphatic carboxylic acids is 1. The maximum absolute atomic E-state index is 13.6. The van der Waals surface area contributed by atoms with E-state index in [-0.39, 0.29) is 30.8 Å². The van der Waals surface area contributed by atoms with Gasteiger partial charge < -0.3 is 14.6 Å². The van der Waals surface area contributed by atoms with Crippen LogP contribution in [-0.2, 0) is 21.0 Å². The first-order valence-corrected chi connectivity index (χ1v) is 12.2. The number of carboxylic acid groups (broad SMARTS) is 1. The van der Waals surface area contributed by atoms with E-state index in [4.69, 9.17) is 14.6 Å². The van der Waals surface area contributed by atoms with Crippen LogP contribution in [0, 0.1) is 0 Å². The first-order valence-electron chi connectivity index (χ1n) is 10.7. The van der Waals surface area contributed by atoms with Crippen LogP contribution >= 0.6 is 0 Å². The summed E-state index contributed by atoms with van der Waals surface area (Å²) in [6.45, 7) is -0.285. The fourth-order valence-corrected chi connectivity index (χ4v) is 5.42. The number of alkyl halides is 3. The number of pyridine rings is 1. The van der Waals surface area contributed by atoms with Gasteiger partial charge in [0.25, 0.3) is 10.0 Å². The SMILES string of the molecule is COc1ncccc1-c1ccc2c(c1)N(S(=O)(=O)c1cccc(C(F)(F)F)c1)C[C@H](CCC(=O)O)O2. The Hall–Kier alpha value is -3.80. The Morgan fingerprint density at radius 2 is 1.97 bits per heavy atom. The fourth-order valence-electron chi connectivity index (χ4n) is 3.88. The summed E-state index contributed by atoms with van der Waals surface area (Å²) in [5.74, 6) is -0.643. The van der Waals surface area contributed by atoms with Gasteiger partial charge in [-0.25, -0.2) is 13.4 Å². The number of methoxy groups -OCH3 is 1. The number of carbonyl (C=O) groups is 1. The molecule has 0 aliphatic carbocycles. The molecule has 4 rings (SSSR count). The van der Waals surface area contributed by atoms with Crippen LogP contribution in [0.25, 0.3) is 11.1 Å². The normalized spacial score (nSPS) is 15.7. The second-order valence-corrected chi connectivity index (χ2v) is 9.84. The van der Waals surface area contributed by atoms with Crippen LogP contribution in [-0.4, -0.2) is 44.2 Å². The molecule has 8 nitrogen and oxygen atoms in total. The van der Waals surface area contributed by atoms with E-state index in [0.29, 0.717) is 23.1 Å². The van der Waals surface area contributed by atoms with E-state index in [1.165, 1.54) is 25.4 Å². The molecule has 190 valence electrons. The molecule has 0 radical (unpaired) electrons. The predicted molar refractivity (Wildman–Crippen MR) is 123 cm³/mol. The van der Waals surface area contributed by atoms with Gasteiger partial charge in [-0.2, -0.15) is 13.2 Å². The Kier molecular flexibility index (Phi) is 6.81. The average Bonchev–Trinajstić information content (AvgIpc) is 2.86. The summed E-state index contributed by atoms with van der Waals surface area (Å²) in [6.07, 6.45) is -4.30. The number of hydrogen-bond acceptors (Lipinski definition) is 6. The van der Waals surface area contributed by atoms with Gasteiger partial charge >= 0.3 is 12.1 Å². The van der Waals surface area contributed by atoms with Gasteiger partial charge in [-0.3, -0.25) is 9.10 Å². The molecule has 0 amide bonds. The van der Waals surface area contributed by atoms with Gasteiger partial charge in [0.2, 0.25) is 5.88 Å². The average molecular weight is 523 g/mol. The lowest BCUT2D eigenvalue weighted by Crippen LogP contribution is -2.43. The lowest BCUT2D eigenvalue weighted by Gasteiger charge is -2.36. The Labute approximate surface area is 205 Å². The summed E-state index contributed by atoms with van der Waals surface area (Å²) in [5, 5.41) is 9.05. The number of halogens is 3. The van der Waals surface area contributed by atoms with E-state index in [2.05, 4.69) is 4.98 Å². The largest absolute Gasteiger partial charge is 0.486 e. The van der Waals surface area contributed by atoms with E-state index in [0.717, 1.165) is 22.5 Å². The molecule has 0 saturated carbocycles. The first-order chi connectivity index (χ1) is 17.0. The number of benzene rings is 2. The number of fused-ring (bicyclic) bond motifs is 1. The third-order valence-electron chi connectivity index (χ3n) is 5.60. The van der Waals surface area contributed by atoms with Crippen LogP contribution in [0.2, 0.25) is 0 Å². The molecule has 0 fully saturated rings. The minimum atomic E-state index is -4.73. The molecule has 1 aliphatic heterocycles. The number of carboxylic acids is 1. The summed E-state index contributed by atoms with van der Waals surface area (Å²) in [7, 11) is -3.05. The van der Waals surface area contributed by atoms with Crippen molar-refractivity contribution < 1.29 is 41.0 Å². The minimum Gasteiger partial charge on any atom is -0.486 e. The zero-order chi connectivity index (χ0) is 26.1. The Morgan fingerprint density at radius 1 is 1.19 bits per heavy atom. The molecule has 0 saturated heterocycles. The molecule has 0 spiro atoms. The highest BCUT2D eigenvalue weighted by molar-refractivity contribution is 7.92. The quantitative estimate of drug-likeness (QED) is 0.484. The standard InChI is InChI=1S/C24H21F3N2O6S/c1-34-23-19(6-3-11-28-23)15-7-9-21-20(12-15)29(14-17(35-21)8-10-22(30)31)36(32,33)18-5-2-4-16(13-18)24(25,26)27/h2-7,9,11-13,17H,8,10,14H2,1H3,(H,30,31)/t17-/m0/s1. The molecule has 2 heterocycles. The van der Waals surface area contributed by atoms with Crippen molar-refractivity contribution in [3.63, 3.8) is 0 Å². The second-order valence-electron chi connectivity index (χ2n) is 7.98. The fraction of sp³-hybridized carbons (Fsp3) is 0.250. The number of aromatic nitrogens is 1. The minimum absolute atomic E-state index is 0.00155. The third kappa shape index (κ3) is 5.08. The molecular formula is C24H21F3N2O6S. The highest BCUT2D eigenvalue weighted by Gasteiger charge is 2.37. The van der Waals surface area contributed by atoms with Gasteiger partial charge in [-0.05, 0) is 54.4 Å². The molecule has 1 atom stereocenters. The monoisotopic (exact) mass is 522 g/mol. The zero-order valence-corrected chi connectivity index (χ0v) is 19.7. The summed E-state index contributed by atoms with van der Waals surface area (Å²) in [4.78, 5) is 14.7. The Bertz CT molecular complexity index is 1390. The molecule has 0 unspecified atom stereocenters. The van der Waals surface area contributed by atoms with Gasteiger partial charge in [0, 0.05) is 18.2 Å². The van der Waals surface area contributed by atoms with Crippen molar-refractivity contribution in [3.05, 3.63) is 66.4 Å². The van der Waals surface area contributed by atoms with E-state index in [9.17, 15) is 26.4 Å². The summed E-state index contributed by atoms with van der Waals surface area (Å²) >= 11 is 0. The van der Waals surface area contributed by atoms with Crippen LogP contribution in [0.3, 0.4) is 0 Å². The van der Waals surface area contributed by atoms with Crippen LogP contribution in [0.5, 0.6) is 11.6 Å². The number of sulfonamides is 1. The molecule has 1 aromatic heterocycles. The van der Waals surface area contributed by atoms with Gasteiger partial charge in [-0.15, -0.1) is 0 Å². The third-order valence-corrected chi connectivity index (χ3v) is 7.37. The second kappa shape index (κ2) is 9.69. The van der Waals surface area contributed by atoms with E-state index < -0.39 is 38.7 Å². The van der Waals surface area contributed by atoms with Crippen LogP contribution < -0.4 is 13.8 Å². The van der Waals surface area contributed by atoms with Gasteiger partial charge in [0.1, 0.15) is 11.9 Å². The maximum Gasteiger partial charge on any atom is 0.416 e. The number of hydrogen-bond donors (Lipinski definition) is 1. The van der Waals surface area contributed by atoms with Gasteiger partial charge in [0.15, 0.2) is 0 Å². The Morgan fingerprint density at radius 3 is 2.67 bits per heavy atom. The summed E-state index contributed by atoms with van der Waals surface area (Å²) < 4.78 is 79.2. The number of anilines is 1. The Balaban J connectivity index is 1.83. The number of rotatable bonds is 7. The smallest absolute Gasteiger partial charge is 0.416 e. The van der Waals surface area contributed by atoms with Gasteiger partial charge in [0.05, 0.1) is 29.8 Å². The van der Waals surface area contributed by atoms with Crippen molar-refractivity contribution >= 4 is 21.7 Å². The van der Waals surface area contributed by atoms with Crippen LogP contribution in [0.4, 0.5) is 18.9 Å². The molecule has 2 aromatic carbocycles. The zero-order valence-electron chi connectivity index (χ0n) is 18.9. The van der Waals surface area contributed by atoms with Crippen LogP contribution in [0.15, 0.2) is 65.7 Å². The topological polar surface area (TPSA) is 106 Å². The summed E-state index contributed by atoms with van der Waals surface area (Å²) in [6, 6.07) is 11.6. The van der Waals surface area contributed by atoms with Crippen molar-refractivity contribution in [1.82, 2.24) is 4.98 Å². The summed E-state index contributed by atoms with van der Waals surface area (Å²) in [5.41, 5.74) is 0.0958. The highest BCUT2D eigenvalue weighted by atomic mass is 32.2. The van der Waals surface area contributed by atoms with Crippen molar-refractivity contribution in [2.45, 2.75) is 30.0 Å². The van der Waals surface area contributed by atoms with Crippen LogP contribution in [0.1, 0.15) is 18.4 Å².